The van der Waals surface area contributed by atoms with Gasteiger partial charge in [-0.15, -0.1) is 0 Å². The van der Waals surface area contributed by atoms with E-state index in [0.717, 1.165) is 16.0 Å². The molecular formula is C35H29Cl2N3O7. The molecule has 0 bridgehead atoms. The average molecular weight is 675 g/mol. The number of carbonyl (C=O) groups excluding carboxylic acids is 4. The van der Waals surface area contributed by atoms with Crippen molar-refractivity contribution in [2.24, 2.45) is 0 Å². The van der Waals surface area contributed by atoms with Gasteiger partial charge in [0.25, 0.3) is 17.7 Å². The van der Waals surface area contributed by atoms with E-state index in [0.29, 0.717) is 28.6 Å². The van der Waals surface area contributed by atoms with E-state index < -0.39 is 23.8 Å². The number of urea groups is 1. The lowest BCUT2D eigenvalue weighted by atomic mass is 10.1. The van der Waals surface area contributed by atoms with E-state index in [9.17, 15) is 19.2 Å². The van der Waals surface area contributed by atoms with Crippen molar-refractivity contribution in [3.63, 3.8) is 0 Å². The number of ether oxygens (including phenoxy) is 3. The Morgan fingerprint density at radius 2 is 1.64 bits per heavy atom. The van der Waals surface area contributed by atoms with Gasteiger partial charge in [-0.1, -0.05) is 59.6 Å². The number of aryl methyl sites for hydroxylation is 1. The number of anilines is 2. The molecule has 1 heterocycles. The molecule has 1 saturated heterocycles. The highest BCUT2D eigenvalue weighted by Gasteiger charge is 2.37. The zero-order chi connectivity index (χ0) is 33.5. The van der Waals surface area contributed by atoms with E-state index in [2.05, 4.69) is 10.6 Å². The van der Waals surface area contributed by atoms with Crippen LogP contribution in [-0.4, -0.2) is 37.0 Å². The fourth-order valence-electron chi connectivity index (χ4n) is 4.57. The van der Waals surface area contributed by atoms with Crippen LogP contribution >= 0.6 is 23.2 Å². The van der Waals surface area contributed by atoms with Crippen LogP contribution in [0.2, 0.25) is 10.0 Å². The number of amides is 5. The predicted octanol–water partition coefficient (Wildman–Crippen LogP) is 6.96. The fraction of sp³-hybridized carbons (Fsp3) is 0.143. The molecule has 47 heavy (non-hydrogen) atoms. The zero-order valence-electron chi connectivity index (χ0n) is 25.3. The summed E-state index contributed by atoms with van der Waals surface area (Å²) in [6.07, 6.45) is 1.29. The number of hydrogen-bond donors (Lipinski definition) is 2. The maximum absolute atomic E-state index is 13.5. The van der Waals surface area contributed by atoms with Crippen LogP contribution in [0.4, 0.5) is 16.2 Å². The van der Waals surface area contributed by atoms with Crippen LogP contribution < -0.4 is 29.7 Å². The van der Waals surface area contributed by atoms with Crippen molar-refractivity contribution in [3.8, 4) is 17.2 Å². The number of rotatable bonds is 11. The lowest BCUT2D eigenvalue weighted by molar-refractivity contribution is -0.122. The van der Waals surface area contributed by atoms with Crippen LogP contribution in [0.25, 0.3) is 6.08 Å². The van der Waals surface area contributed by atoms with Crippen molar-refractivity contribution in [1.82, 2.24) is 5.32 Å². The molecule has 10 nitrogen and oxygen atoms in total. The van der Waals surface area contributed by atoms with Gasteiger partial charge in [-0.05, 0) is 85.1 Å². The fourth-order valence-corrected chi connectivity index (χ4v) is 5.02. The van der Waals surface area contributed by atoms with Gasteiger partial charge in [0.15, 0.2) is 18.1 Å². The highest BCUT2D eigenvalue weighted by atomic mass is 35.5. The maximum atomic E-state index is 13.5. The van der Waals surface area contributed by atoms with E-state index in [1.807, 2.05) is 37.3 Å². The molecule has 5 rings (SSSR count). The Balaban J connectivity index is 1.32. The van der Waals surface area contributed by atoms with Crippen LogP contribution in [-0.2, 0) is 21.0 Å². The summed E-state index contributed by atoms with van der Waals surface area (Å²) in [5, 5.41) is 5.48. The summed E-state index contributed by atoms with van der Waals surface area (Å²) in [4.78, 5) is 52.4. The van der Waals surface area contributed by atoms with Crippen molar-refractivity contribution in [1.29, 1.82) is 0 Å². The molecule has 0 radical (unpaired) electrons. The van der Waals surface area contributed by atoms with Crippen LogP contribution in [0.1, 0.15) is 23.6 Å². The molecule has 4 aromatic rings. The molecular weight excluding hydrogens is 645 g/mol. The Hall–Kier alpha value is -5.32. The molecule has 240 valence electrons. The van der Waals surface area contributed by atoms with Crippen molar-refractivity contribution < 1.29 is 33.4 Å². The monoisotopic (exact) mass is 673 g/mol. The number of benzene rings is 4. The SMILES string of the molecule is CCOc1cc(/C=C2/C(=O)NC(=O)N(c3ccc(OCc4ccccc4)cc3)C2=O)cc(Cl)c1OCC(=O)Nc1ccc(C)c(Cl)c1. The molecule has 4 aromatic carbocycles. The largest absolute Gasteiger partial charge is 0.490 e. The standard InChI is InChI=1S/C35H29Cl2N3O7/c1-3-45-30-17-23(16-29(37)32(30)47-20-31(41)38-24-10-9-21(2)28(36)18-24)15-27-33(42)39-35(44)40(34(27)43)25-11-13-26(14-12-25)46-19-22-7-5-4-6-8-22/h4-18H,3,19-20H2,1-2H3,(H,38,41)(H,39,42,44)/b27-15-. The Bertz CT molecular complexity index is 1860. The minimum atomic E-state index is -0.891. The smallest absolute Gasteiger partial charge is 0.335 e. The van der Waals surface area contributed by atoms with Crippen LogP contribution in [0.5, 0.6) is 17.2 Å². The second kappa shape index (κ2) is 14.8. The lowest BCUT2D eigenvalue weighted by Crippen LogP contribution is -2.54. The van der Waals surface area contributed by atoms with Gasteiger partial charge in [-0.25, -0.2) is 9.69 Å². The zero-order valence-corrected chi connectivity index (χ0v) is 26.9. The summed E-state index contributed by atoms with van der Waals surface area (Å²) in [6, 6.07) is 23.1. The molecule has 0 aliphatic carbocycles. The molecule has 1 aliphatic rings. The lowest BCUT2D eigenvalue weighted by Gasteiger charge is -2.26. The third-order valence-corrected chi connectivity index (χ3v) is 7.58. The molecule has 0 aromatic heterocycles. The number of imide groups is 2. The van der Waals surface area contributed by atoms with Crippen molar-refractivity contribution in [2.75, 3.05) is 23.4 Å². The van der Waals surface area contributed by atoms with Gasteiger partial charge < -0.3 is 19.5 Å². The Kier molecular flexibility index (Phi) is 10.4. The summed E-state index contributed by atoms with van der Waals surface area (Å²) in [7, 11) is 0. The third-order valence-electron chi connectivity index (χ3n) is 6.89. The Morgan fingerprint density at radius 1 is 0.894 bits per heavy atom. The van der Waals surface area contributed by atoms with Crippen molar-refractivity contribution in [2.45, 2.75) is 20.5 Å². The molecule has 0 atom stereocenters. The van der Waals surface area contributed by atoms with Crippen LogP contribution in [0.15, 0.2) is 90.5 Å². The first-order chi connectivity index (χ1) is 22.6. The van der Waals surface area contributed by atoms with Crippen molar-refractivity contribution >= 4 is 64.4 Å². The molecule has 12 heteroatoms. The highest BCUT2D eigenvalue weighted by Crippen LogP contribution is 2.38. The molecule has 0 unspecified atom stereocenters. The van der Waals surface area contributed by atoms with Gasteiger partial charge >= 0.3 is 6.03 Å². The Labute approximate surface area is 280 Å². The number of carbonyl (C=O) groups is 4. The quantitative estimate of drug-likeness (QED) is 0.130. The summed E-state index contributed by atoms with van der Waals surface area (Å²) in [5.41, 5.74) is 2.61. The van der Waals surface area contributed by atoms with Gasteiger partial charge in [-0.3, -0.25) is 19.7 Å². The first kappa shape index (κ1) is 33.1. The molecule has 1 fully saturated rings. The second-order valence-corrected chi connectivity index (χ2v) is 11.1. The number of nitrogens with zero attached hydrogens (tertiary/aromatic N) is 1. The first-order valence-electron chi connectivity index (χ1n) is 14.5. The second-order valence-electron chi connectivity index (χ2n) is 10.3. The number of halogens is 2. The van der Waals surface area contributed by atoms with E-state index in [4.69, 9.17) is 37.4 Å². The molecule has 5 amide bonds. The van der Waals surface area contributed by atoms with E-state index >= 15 is 0 Å². The van der Waals surface area contributed by atoms with Gasteiger partial charge in [0.1, 0.15) is 17.9 Å². The maximum Gasteiger partial charge on any atom is 0.335 e. The highest BCUT2D eigenvalue weighted by molar-refractivity contribution is 6.39. The number of nitrogens with one attached hydrogen (secondary N) is 2. The Morgan fingerprint density at radius 3 is 2.34 bits per heavy atom. The summed E-state index contributed by atoms with van der Waals surface area (Å²) in [6.45, 7) is 3.78. The first-order valence-corrected chi connectivity index (χ1v) is 15.2. The van der Waals surface area contributed by atoms with Gasteiger partial charge in [0.2, 0.25) is 0 Å². The van der Waals surface area contributed by atoms with Crippen molar-refractivity contribution in [3.05, 3.63) is 117 Å². The van der Waals surface area contributed by atoms with Crippen LogP contribution in [0, 0.1) is 6.92 Å². The normalized spacial score (nSPS) is 13.7. The summed E-state index contributed by atoms with van der Waals surface area (Å²) < 4.78 is 17.2. The third kappa shape index (κ3) is 8.10. The summed E-state index contributed by atoms with van der Waals surface area (Å²) >= 11 is 12.7. The molecule has 0 spiro atoms. The van der Waals surface area contributed by atoms with E-state index in [1.165, 1.54) is 18.2 Å². The molecule has 2 N–H and O–H groups in total. The topological polar surface area (TPSA) is 123 Å². The average Bonchev–Trinajstić information content (AvgIpc) is 3.04. The minimum absolute atomic E-state index is 0.0664. The van der Waals surface area contributed by atoms with Gasteiger partial charge in [0.05, 0.1) is 17.3 Å². The van der Waals surface area contributed by atoms with Crippen LogP contribution in [0.3, 0.4) is 0 Å². The number of hydrogen-bond acceptors (Lipinski definition) is 7. The van der Waals surface area contributed by atoms with E-state index in [-0.39, 0.29) is 41.0 Å². The number of barbiturate groups is 1. The molecule has 1 aliphatic heterocycles. The molecule has 0 saturated carbocycles. The predicted molar refractivity (Wildman–Crippen MR) is 179 cm³/mol. The van der Waals surface area contributed by atoms with Gasteiger partial charge in [-0.2, -0.15) is 0 Å². The van der Waals surface area contributed by atoms with Gasteiger partial charge in [0, 0.05) is 10.7 Å². The van der Waals surface area contributed by atoms with E-state index in [1.54, 1.807) is 49.4 Å². The minimum Gasteiger partial charge on any atom is -0.490 e. The summed E-state index contributed by atoms with van der Waals surface area (Å²) in [5.74, 6) is -1.36.